The van der Waals surface area contributed by atoms with E-state index in [4.69, 9.17) is 20.5 Å². The van der Waals surface area contributed by atoms with E-state index in [9.17, 15) is 4.79 Å². The van der Waals surface area contributed by atoms with Crippen molar-refractivity contribution in [3.05, 3.63) is 23.8 Å². The van der Waals surface area contributed by atoms with Gasteiger partial charge in [0.1, 0.15) is 5.75 Å². The van der Waals surface area contributed by atoms with Crippen LogP contribution in [0.15, 0.2) is 18.2 Å². The van der Waals surface area contributed by atoms with Crippen LogP contribution in [0.2, 0.25) is 0 Å². The number of hydrogen-bond acceptors (Lipinski definition) is 5. The molecule has 108 valence electrons. The Morgan fingerprint density at radius 1 is 1.50 bits per heavy atom. The maximum atomic E-state index is 11.9. The van der Waals surface area contributed by atoms with Crippen LogP contribution in [0.4, 0.5) is 5.69 Å². The Kier molecular flexibility index (Phi) is 6.50. The third kappa shape index (κ3) is 4.53. The molecule has 0 heterocycles. The number of nitrogens with one attached hydrogen (secondary N) is 1. The van der Waals surface area contributed by atoms with Crippen LogP contribution in [-0.4, -0.2) is 32.8 Å². The molecular formula is C14H19N3O3. The summed E-state index contributed by atoms with van der Waals surface area (Å²) in [4.78, 5) is 11.9. The number of hydrogen-bond donors (Lipinski definition) is 2. The predicted molar refractivity (Wildman–Crippen MR) is 75.4 cm³/mol. The van der Waals surface area contributed by atoms with Crippen molar-refractivity contribution >= 4 is 11.6 Å². The molecule has 20 heavy (non-hydrogen) atoms. The molecule has 1 unspecified atom stereocenters. The Morgan fingerprint density at radius 2 is 2.25 bits per heavy atom. The zero-order valence-corrected chi connectivity index (χ0v) is 11.7. The molecule has 0 aliphatic rings. The summed E-state index contributed by atoms with van der Waals surface area (Å²) in [5, 5.41) is 11.5. The minimum absolute atomic E-state index is 0.288. The van der Waals surface area contributed by atoms with Gasteiger partial charge in [-0.25, -0.2) is 0 Å². The second-order valence-electron chi connectivity index (χ2n) is 4.26. The van der Waals surface area contributed by atoms with Crippen LogP contribution in [0.5, 0.6) is 5.75 Å². The summed E-state index contributed by atoms with van der Waals surface area (Å²) < 4.78 is 10.1. The molecule has 1 atom stereocenters. The normalized spacial score (nSPS) is 11.5. The van der Waals surface area contributed by atoms with Crippen molar-refractivity contribution in [2.75, 3.05) is 26.1 Å². The zero-order chi connectivity index (χ0) is 15.0. The van der Waals surface area contributed by atoms with Gasteiger partial charge in [-0.05, 0) is 25.0 Å². The standard InChI is InChI=1S/C14H19N3O3/c1-19-7-3-4-11(16)14(18)17-12-6-5-10(9-15)8-13(12)20-2/h5-6,8,11H,3-4,7,16H2,1-2H3,(H,17,18). The lowest BCUT2D eigenvalue weighted by Gasteiger charge is -2.14. The van der Waals surface area contributed by atoms with E-state index in [2.05, 4.69) is 5.32 Å². The molecule has 0 saturated carbocycles. The van der Waals surface area contributed by atoms with Gasteiger partial charge in [0.2, 0.25) is 5.91 Å². The van der Waals surface area contributed by atoms with Gasteiger partial charge in [0.05, 0.1) is 30.5 Å². The van der Waals surface area contributed by atoms with Gasteiger partial charge in [0.25, 0.3) is 0 Å². The third-order valence-corrected chi connectivity index (χ3v) is 2.79. The van der Waals surface area contributed by atoms with Crippen LogP contribution < -0.4 is 15.8 Å². The molecule has 0 bridgehead atoms. The number of methoxy groups -OCH3 is 2. The summed E-state index contributed by atoms with van der Waals surface area (Å²) in [6, 6.07) is 6.19. The highest BCUT2D eigenvalue weighted by molar-refractivity contribution is 5.96. The second kappa shape index (κ2) is 8.15. The third-order valence-electron chi connectivity index (χ3n) is 2.79. The number of ether oxygens (including phenoxy) is 2. The minimum Gasteiger partial charge on any atom is -0.495 e. The summed E-state index contributed by atoms with van der Waals surface area (Å²) in [6.45, 7) is 0.571. The average molecular weight is 277 g/mol. The van der Waals surface area contributed by atoms with E-state index in [1.165, 1.54) is 7.11 Å². The number of nitriles is 1. The van der Waals surface area contributed by atoms with Crippen molar-refractivity contribution in [1.29, 1.82) is 5.26 Å². The van der Waals surface area contributed by atoms with Crippen molar-refractivity contribution in [2.45, 2.75) is 18.9 Å². The maximum absolute atomic E-state index is 11.9. The predicted octanol–water partition coefficient (Wildman–Crippen LogP) is 1.26. The van der Waals surface area contributed by atoms with Crippen molar-refractivity contribution in [1.82, 2.24) is 0 Å². The van der Waals surface area contributed by atoms with E-state index in [0.717, 1.165) is 6.42 Å². The van der Waals surface area contributed by atoms with Crippen molar-refractivity contribution in [3.63, 3.8) is 0 Å². The number of rotatable bonds is 7. The molecule has 6 nitrogen and oxygen atoms in total. The van der Waals surface area contributed by atoms with Crippen LogP contribution in [0, 0.1) is 11.3 Å². The quantitative estimate of drug-likeness (QED) is 0.731. The molecule has 0 fully saturated rings. The van der Waals surface area contributed by atoms with Gasteiger partial charge in [-0.15, -0.1) is 0 Å². The van der Waals surface area contributed by atoms with Crippen LogP contribution >= 0.6 is 0 Å². The monoisotopic (exact) mass is 277 g/mol. The SMILES string of the molecule is COCCCC(N)C(=O)Nc1ccc(C#N)cc1OC. The Labute approximate surface area is 118 Å². The molecule has 0 saturated heterocycles. The highest BCUT2D eigenvalue weighted by Gasteiger charge is 2.15. The van der Waals surface area contributed by atoms with E-state index in [1.807, 2.05) is 6.07 Å². The topological polar surface area (TPSA) is 97.4 Å². The van der Waals surface area contributed by atoms with Crippen LogP contribution in [-0.2, 0) is 9.53 Å². The molecule has 1 aromatic carbocycles. The van der Waals surface area contributed by atoms with Gasteiger partial charge in [0.15, 0.2) is 0 Å². The number of nitrogens with two attached hydrogens (primary N) is 1. The molecule has 1 rings (SSSR count). The molecule has 0 aromatic heterocycles. The van der Waals surface area contributed by atoms with Gasteiger partial charge in [-0.2, -0.15) is 5.26 Å². The van der Waals surface area contributed by atoms with E-state index in [1.54, 1.807) is 25.3 Å². The number of carbonyl (C=O) groups excluding carboxylic acids is 1. The first kappa shape index (κ1) is 16.0. The summed E-state index contributed by atoms with van der Waals surface area (Å²) >= 11 is 0. The lowest BCUT2D eigenvalue weighted by molar-refractivity contribution is -0.117. The van der Waals surface area contributed by atoms with Gasteiger partial charge in [0, 0.05) is 19.8 Å². The number of amides is 1. The lowest BCUT2D eigenvalue weighted by atomic mass is 10.1. The molecule has 0 spiro atoms. The summed E-state index contributed by atoms with van der Waals surface area (Å²) in [5.74, 6) is 0.144. The Bertz CT molecular complexity index is 497. The molecule has 0 radical (unpaired) electrons. The smallest absolute Gasteiger partial charge is 0.241 e. The fourth-order valence-electron chi connectivity index (χ4n) is 1.67. The van der Waals surface area contributed by atoms with E-state index < -0.39 is 6.04 Å². The summed E-state index contributed by atoms with van der Waals surface area (Å²) in [7, 11) is 3.08. The molecule has 1 amide bonds. The summed E-state index contributed by atoms with van der Waals surface area (Å²) in [6.07, 6.45) is 1.26. The average Bonchev–Trinajstić information content (AvgIpc) is 2.47. The van der Waals surface area contributed by atoms with Gasteiger partial charge < -0.3 is 20.5 Å². The summed E-state index contributed by atoms with van der Waals surface area (Å²) in [5.41, 5.74) is 6.75. The number of nitrogens with zero attached hydrogens (tertiary/aromatic N) is 1. The van der Waals surface area contributed by atoms with E-state index in [0.29, 0.717) is 30.0 Å². The Morgan fingerprint density at radius 3 is 2.85 bits per heavy atom. The number of carbonyl (C=O) groups is 1. The fourth-order valence-corrected chi connectivity index (χ4v) is 1.67. The maximum Gasteiger partial charge on any atom is 0.241 e. The lowest BCUT2D eigenvalue weighted by Crippen LogP contribution is -2.35. The van der Waals surface area contributed by atoms with Crippen molar-refractivity contribution in [3.8, 4) is 11.8 Å². The van der Waals surface area contributed by atoms with Gasteiger partial charge >= 0.3 is 0 Å². The first-order valence-electron chi connectivity index (χ1n) is 6.26. The molecule has 0 aliphatic heterocycles. The van der Waals surface area contributed by atoms with Crippen LogP contribution in [0.3, 0.4) is 0 Å². The zero-order valence-electron chi connectivity index (χ0n) is 11.7. The number of benzene rings is 1. The highest BCUT2D eigenvalue weighted by Crippen LogP contribution is 2.25. The first-order chi connectivity index (χ1) is 9.62. The van der Waals surface area contributed by atoms with E-state index in [-0.39, 0.29) is 5.91 Å². The second-order valence-corrected chi connectivity index (χ2v) is 4.26. The highest BCUT2D eigenvalue weighted by atomic mass is 16.5. The molecular weight excluding hydrogens is 258 g/mol. The van der Waals surface area contributed by atoms with Crippen LogP contribution in [0.1, 0.15) is 18.4 Å². The molecule has 0 aliphatic carbocycles. The van der Waals surface area contributed by atoms with Crippen molar-refractivity contribution in [2.24, 2.45) is 5.73 Å². The van der Waals surface area contributed by atoms with Gasteiger partial charge in [-0.3, -0.25) is 4.79 Å². The largest absolute Gasteiger partial charge is 0.495 e. The molecule has 3 N–H and O–H groups in total. The number of anilines is 1. The van der Waals surface area contributed by atoms with Gasteiger partial charge in [-0.1, -0.05) is 0 Å². The molecule has 6 heteroatoms. The fraction of sp³-hybridized carbons (Fsp3) is 0.429. The minimum atomic E-state index is -0.606. The van der Waals surface area contributed by atoms with Crippen LogP contribution in [0.25, 0.3) is 0 Å². The van der Waals surface area contributed by atoms with E-state index >= 15 is 0 Å². The molecule has 1 aromatic rings. The first-order valence-corrected chi connectivity index (χ1v) is 6.26. The Hall–Kier alpha value is -2.10. The van der Waals surface area contributed by atoms with Crippen molar-refractivity contribution < 1.29 is 14.3 Å². The Balaban J connectivity index is 2.68.